The van der Waals surface area contributed by atoms with Crippen molar-refractivity contribution in [3.05, 3.63) is 70.8 Å². The summed E-state index contributed by atoms with van der Waals surface area (Å²) in [7, 11) is 0. The first kappa shape index (κ1) is 19.6. The van der Waals surface area contributed by atoms with Gasteiger partial charge in [-0.05, 0) is 36.2 Å². The largest absolute Gasteiger partial charge is 0.462 e. The molecule has 6 heteroatoms. The fourth-order valence-electron chi connectivity index (χ4n) is 2.29. The highest BCUT2D eigenvalue weighted by atomic mass is 19.2. The van der Waals surface area contributed by atoms with Crippen molar-refractivity contribution in [2.24, 2.45) is 0 Å². The molecule has 0 unspecified atom stereocenters. The van der Waals surface area contributed by atoms with Crippen molar-refractivity contribution in [1.82, 2.24) is 0 Å². The molecule has 0 bridgehead atoms. The molecule has 138 valence electrons. The van der Waals surface area contributed by atoms with Crippen LogP contribution in [0.4, 0.5) is 8.78 Å². The predicted molar refractivity (Wildman–Crippen MR) is 91.7 cm³/mol. The maximum absolute atomic E-state index is 13.2. The summed E-state index contributed by atoms with van der Waals surface area (Å²) < 4.78 is 36.4. The van der Waals surface area contributed by atoms with Crippen LogP contribution in [0.15, 0.2) is 42.5 Å². The number of benzene rings is 2. The van der Waals surface area contributed by atoms with Crippen molar-refractivity contribution in [3.8, 4) is 0 Å². The minimum absolute atomic E-state index is 0.0653. The van der Waals surface area contributed by atoms with Gasteiger partial charge in [0, 0.05) is 0 Å². The van der Waals surface area contributed by atoms with E-state index in [2.05, 4.69) is 0 Å². The second-order valence-electron chi connectivity index (χ2n) is 5.71. The lowest BCUT2D eigenvalue weighted by atomic mass is 10.1. The lowest BCUT2D eigenvalue weighted by Gasteiger charge is -2.10. The zero-order chi connectivity index (χ0) is 18.9. The molecule has 0 atom stereocenters. The first-order valence-electron chi connectivity index (χ1n) is 8.40. The molecule has 0 heterocycles. The smallest absolute Gasteiger partial charge is 0.339 e. The summed E-state index contributed by atoms with van der Waals surface area (Å²) in [4.78, 5) is 24.4. The molecule has 0 radical (unpaired) electrons. The highest BCUT2D eigenvalue weighted by Gasteiger charge is 2.19. The topological polar surface area (TPSA) is 52.6 Å². The molecule has 0 aromatic heterocycles. The number of rotatable bonds is 8. The average Bonchev–Trinajstić information content (AvgIpc) is 2.65. The maximum Gasteiger partial charge on any atom is 0.339 e. The number of carbonyl (C=O) groups is 2. The number of carbonyl (C=O) groups excluding carboxylic acids is 2. The van der Waals surface area contributed by atoms with Gasteiger partial charge < -0.3 is 9.47 Å². The number of unbranched alkanes of at least 4 members (excludes halogenated alkanes) is 2. The van der Waals surface area contributed by atoms with Gasteiger partial charge in [-0.1, -0.05) is 38.0 Å². The molecule has 0 fully saturated rings. The first-order valence-corrected chi connectivity index (χ1v) is 8.40. The van der Waals surface area contributed by atoms with Crippen LogP contribution in [0.3, 0.4) is 0 Å². The SMILES string of the molecule is CCCCCOC(=O)c1ccccc1C(=O)OCc1ccc(F)c(F)c1. The third-order valence-corrected chi connectivity index (χ3v) is 3.70. The molecule has 0 aliphatic carbocycles. The van der Waals surface area contributed by atoms with Crippen molar-refractivity contribution in [1.29, 1.82) is 0 Å². The summed E-state index contributed by atoms with van der Waals surface area (Å²) in [5.41, 5.74) is 0.478. The molecule has 0 saturated carbocycles. The van der Waals surface area contributed by atoms with Crippen LogP contribution >= 0.6 is 0 Å². The molecule has 2 rings (SSSR count). The Morgan fingerprint density at radius 3 is 2.15 bits per heavy atom. The van der Waals surface area contributed by atoms with E-state index in [0.717, 1.165) is 31.4 Å². The fourth-order valence-corrected chi connectivity index (χ4v) is 2.29. The van der Waals surface area contributed by atoms with Crippen LogP contribution in [0.25, 0.3) is 0 Å². The summed E-state index contributed by atoms with van der Waals surface area (Å²) in [5.74, 6) is -3.33. The molecule has 0 aliphatic rings. The normalized spacial score (nSPS) is 10.4. The van der Waals surface area contributed by atoms with Crippen LogP contribution in [0.5, 0.6) is 0 Å². The number of halogens is 2. The Kier molecular flexibility index (Phi) is 7.26. The Labute approximate surface area is 150 Å². The van der Waals surface area contributed by atoms with Gasteiger partial charge in [-0.25, -0.2) is 18.4 Å². The van der Waals surface area contributed by atoms with Crippen molar-refractivity contribution in [2.45, 2.75) is 32.8 Å². The van der Waals surface area contributed by atoms with Crippen LogP contribution in [0.1, 0.15) is 52.5 Å². The van der Waals surface area contributed by atoms with Gasteiger partial charge in [0.2, 0.25) is 0 Å². The van der Waals surface area contributed by atoms with Crippen molar-refractivity contribution < 1.29 is 27.8 Å². The number of hydrogen-bond donors (Lipinski definition) is 0. The molecular formula is C20H20F2O4. The van der Waals surface area contributed by atoms with Crippen LogP contribution < -0.4 is 0 Å². The maximum atomic E-state index is 13.2. The first-order chi connectivity index (χ1) is 12.5. The van der Waals surface area contributed by atoms with E-state index >= 15 is 0 Å². The molecule has 0 N–H and O–H groups in total. The van der Waals surface area contributed by atoms with E-state index in [1.54, 1.807) is 12.1 Å². The standard InChI is InChI=1S/C20H20F2O4/c1-2-3-6-11-25-19(23)15-7-4-5-8-16(15)20(24)26-13-14-9-10-17(21)18(22)12-14/h4-5,7-10,12H,2-3,6,11,13H2,1H3. The summed E-state index contributed by atoms with van der Waals surface area (Å²) in [5, 5.41) is 0. The Morgan fingerprint density at radius 2 is 1.54 bits per heavy atom. The van der Waals surface area contributed by atoms with E-state index < -0.39 is 23.6 Å². The van der Waals surface area contributed by atoms with Crippen LogP contribution in [0, 0.1) is 11.6 Å². The molecule has 4 nitrogen and oxygen atoms in total. The minimum Gasteiger partial charge on any atom is -0.462 e. The number of hydrogen-bond acceptors (Lipinski definition) is 4. The zero-order valence-corrected chi connectivity index (χ0v) is 14.5. The predicted octanol–water partition coefficient (Wildman–Crippen LogP) is 4.67. The Bertz CT molecular complexity index is 774. The molecule has 26 heavy (non-hydrogen) atoms. The number of ether oxygens (including phenoxy) is 2. The molecule has 2 aromatic rings. The molecule has 0 amide bonds. The van der Waals surface area contributed by atoms with Crippen LogP contribution in [-0.4, -0.2) is 18.5 Å². The third kappa shape index (κ3) is 5.37. The van der Waals surface area contributed by atoms with E-state index in [9.17, 15) is 18.4 Å². The quantitative estimate of drug-likeness (QED) is 0.506. The molecule has 0 aliphatic heterocycles. The van der Waals surface area contributed by atoms with Crippen LogP contribution in [-0.2, 0) is 16.1 Å². The van der Waals surface area contributed by atoms with Gasteiger partial charge >= 0.3 is 11.9 Å². The average molecular weight is 362 g/mol. The monoisotopic (exact) mass is 362 g/mol. The Balaban J connectivity index is 2.02. The zero-order valence-electron chi connectivity index (χ0n) is 14.5. The van der Waals surface area contributed by atoms with E-state index in [-0.39, 0.29) is 24.3 Å². The second kappa shape index (κ2) is 9.65. The van der Waals surface area contributed by atoms with E-state index in [1.807, 2.05) is 6.92 Å². The van der Waals surface area contributed by atoms with Gasteiger partial charge in [-0.15, -0.1) is 0 Å². The highest BCUT2D eigenvalue weighted by Crippen LogP contribution is 2.15. The van der Waals surface area contributed by atoms with Gasteiger partial charge in [0.05, 0.1) is 17.7 Å². The van der Waals surface area contributed by atoms with Crippen molar-refractivity contribution >= 4 is 11.9 Å². The van der Waals surface area contributed by atoms with Crippen LogP contribution in [0.2, 0.25) is 0 Å². The molecule has 0 saturated heterocycles. The fraction of sp³-hybridized carbons (Fsp3) is 0.300. The summed E-state index contributed by atoms with van der Waals surface area (Å²) in [6, 6.07) is 9.39. The number of esters is 2. The summed E-state index contributed by atoms with van der Waals surface area (Å²) in [6.07, 6.45) is 2.71. The van der Waals surface area contributed by atoms with Gasteiger partial charge in [0.15, 0.2) is 11.6 Å². The molecule has 2 aromatic carbocycles. The van der Waals surface area contributed by atoms with E-state index in [4.69, 9.17) is 9.47 Å². The molecular weight excluding hydrogens is 342 g/mol. The van der Waals surface area contributed by atoms with Gasteiger partial charge in [0.25, 0.3) is 0 Å². The third-order valence-electron chi connectivity index (χ3n) is 3.70. The van der Waals surface area contributed by atoms with Crippen molar-refractivity contribution in [3.63, 3.8) is 0 Å². The summed E-state index contributed by atoms with van der Waals surface area (Å²) >= 11 is 0. The Morgan fingerprint density at radius 1 is 0.885 bits per heavy atom. The lowest BCUT2D eigenvalue weighted by Crippen LogP contribution is -2.14. The van der Waals surface area contributed by atoms with Gasteiger partial charge in [-0.2, -0.15) is 0 Å². The second-order valence-corrected chi connectivity index (χ2v) is 5.71. The van der Waals surface area contributed by atoms with Crippen molar-refractivity contribution in [2.75, 3.05) is 6.61 Å². The highest BCUT2D eigenvalue weighted by molar-refractivity contribution is 6.03. The van der Waals surface area contributed by atoms with E-state index in [0.29, 0.717) is 5.56 Å². The lowest BCUT2D eigenvalue weighted by molar-refractivity contribution is 0.0436. The minimum atomic E-state index is -1.02. The van der Waals surface area contributed by atoms with Gasteiger partial charge in [0.1, 0.15) is 6.61 Å². The molecule has 0 spiro atoms. The van der Waals surface area contributed by atoms with E-state index in [1.165, 1.54) is 18.2 Å². The summed E-state index contributed by atoms with van der Waals surface area (Å²) in [6.45, 7) is 2.08. The van der Waals surface area contributed by atoms with Gasteiger partial charge in [-0.3, -0.25) is 0 Å². The Hall–Kier alpha value is -2.76.